The number of aromatic nitrogens is 2. The summed E-state index contributed by atoms with van der Waals surface area (Å²) in [4.78, 5) is 9.61. The molecule has 1 spiro atoms. The lowest BCUT2D eigenvalue weighted by Gasteiger charge is -2.27. The van der Waals surface area contributed by atoms with Gasteiger partial charge in [-0.1, -0.05) is 18.2 Å². The van der Waals surface area contributed by atoms with Gasteiger partial charge in [0.05, 0.1) is 11.7 Å². The summed E-state index contributed by atoms with van der Waals surface area (Å²) in [6, 6.07) is 9.81. The fourth-order valence-electron chi connectivity index (χ4n) is 4.07. The van der Waals surface area contributed by atoms with E-state index >= 15 is 0 Å². The highest BCUT2D eigenvalue weighted by molar-refractivity contribution is 7.89. The van der Waals surface area contributed by atoms with E-state index in [1.807, 2.05) is 18.3 Å². The van der Waals surface area contributed by atoms with E-state index in [0.29, 0.717) is 25.3 Å². The summed E-state index contributed by atoms with van der Waals surface area (Å²) in [6.45, 7) is 2.49. The van der Waals surface area contributed by atoms with Gasteiger partial charge in [-0.15, -0.1) is 0 Å². The van der Waals surface area contributed by atoms with Gasteiger partial charge in [0.25, 0.3) is 0 Å². The number of hydrogen-bond donors (Lipinski definition) is 2. The normalized spacial score (nSPS) is 24.6. The van der Waals surface area contributed by atoms with E-state index in [-0.39, 0.29) is 4.90 Å². The average Bonchev–Trinajstić information content (AvgIpc) is 3.22. The second kappa shape index (κ2) is 6.05. The van der Waals surface area contributed by atoms with Crippen LogP contribution in [0.5, 0.6) is 5.75 Å². The smallest absolute Gasteiger partial charge is 0.246 e. The lowest BCUT2D eigenvalue weighted by molar-refractivity contribution is 0.199. The molecule has 0 bridgehead atoms. The van der Waals surface area contributed by atoms with Crippen LogP contribution in [0.1, 0.15) is 12.0 Å². The van der Waals surface area contributed by atoms with Gasteiger partial charge in [0.15, 0.2) is 0 Å². The number of sulfonamides is 1. The van der Waals surface area contributed by atoms with Crippen molar-refractivity contribution in [3.05, 3.63) is 54.5 Å². The Balaban J connectivity index is 1.39. The average molecular weight is 384 g/mol. The summed E-state index contributed by atoms with van der Waals surface area (Å²) in [5.41, 5.74) is 1.71. The molecule has 0 saturated carbocycles. The van der Waals surface area contributed by atoms with Crippen LogP contribution in [0.15, 0.2) is 53.8 Å². The Bertz CT molecular complexity index is 1110. The molecule has 5 rings (SSSR count). The molecule has 140 valence electrons. The molecular formula is C19H20N4O3S. The summed E-state index contributed by atoms with van der Waals surface area (Å²) < 4.78 is 34.3. The highest BCUT2D eigenvalue weighted by atomic mass is 32.2. The minimum atomic E-state index is -3.66. The molecule has 2 N–H and O–H groups in total. The zero-order valence-corrected chi connectivity index (χ0v) is 15.5. The van der Waals surface area contributed by atoms with E-state index in [1.54, 1.807) is 12.3 Å². The second-order valence-electron chi connectivity index (χ2n) is 7.32. The maximum atomic E-state index is 12.8. The van der Waals surface area contributed by atoms with Crippen LogP contribution in [0.3, 0.4) is 0 Å². The molecule has 7 nitrogen and oxygen atoms in total. The third kappa shape index (κ3) is 2.90. The number of fused-ring (bicyclic) bond motifs is 2. The SMILES string of the molecule is O=S1(=O)NC2(CCN(Cc3c[nH]c4ccccc34)C2)COc2ccncc21. The van der Waals surface area contributed by atoms with Gasteiger partial charge in [-0.25, -0.2) is 13.1 Å². The number of nitrogens with one attached hydrogen (secondary N) is 2. The molecule has 2 aromatic heterocycles. The Morgan fingerprint density at radius 3 is 3.07 bits per heavy atom. The fraction of sp³-hybridized carbons (Fsp3) is 0.316. The van der Waals surface area contributed by atoms with Crippen LogP contribution in [-0.4, -0.2) is 48.5 Å². The number of pyridine rings is 1. The first-order valence-electron chi connectivity index (χ1n) is 8.93. The monoisotopic (exact) mass is 384 g/mol. The summed E-state index contributed by atoms with van der Waals surface area (Å²) >= 11 is 0. The molecule has 3 aromatic rings. The van der Waals surface area contributed by atoms with Gasteiger partial charge in [0, 0.05) is 42.9 Å². The number of aromatic amines is 1. The van der Waals surface area contributed by atoms with Gasteiger partial charge in [0.2, 0.25) is 10.0 Å². The van der Waals surface area contributed by atoms with Crippen molar-refractivity contribution in [2.75, 3.05) is 19.7 Å². The zero-order chi connectivity index (χ0) is 18.5. The first-order chi connectivity index (χ1) is 13.0. The van der Waals surface area contributed by atoms with Crippen LogP contribution in [0.25, 0.3) is 10.9 Å². The van der Waals surface area contributed by atoms with Crippen molar-refractivity contribution in [1.82, 2.24) is 19.6 Å². The molecule has 1 saturated heterocycles. The summed E-state index contributed by atoms with van der Waals surface area (Å²) in [6.07, 6.45) is 5.63. The van der Waals surface area contributed by atoms with Gasteiger partial charge >= 0.3 is 0 Å². The number of para-hydroxylation sites is 1. The van der Waals surface area contributed by atoms with E-state index < -0.39 is 15.6 Å². The first-order valence-corrected chi connectivity index (χ1v) is 10.4. The second-order valence-corrected chi connectivity index (χ2v) is 8.97. The van der Waals surface area contributed by atoms with Crippen LogP contribution in [-0.2, 0) is 16.6 Å². The molecule has 1 unspecified atom stereocenters. The third-order valence-corrected chi connectivity index (χ3v) is 6.98. The standard InChI is InChI=1S/C19H20N4O3S/c24-27(25)18-10-20-7-5-17(18)26-13-19(22-27)6-8-23(12-19)11-14-9-21-16-4-2-1-3-15(14)16/h1-5,7,9-10,21-22H,6,8,11-13H2. The minimum absolute atomic E-state index is 0.108. The van der Waals surface area contributed by atoms with Crippen molar-refractivity contribution in [2.45, 2.75) is 23.4 Å². The number of H-pyrrole nitrogens is 1. The largest absolute Gasteiger partial charge is 0.490 e. The topological polar surface area (TPSA) is 87.3 Å². The van der Waals surface area contributed by atoms with Crippen molar-refractivity contribution in [3.63, 3.8) is 0 Å². The molecule has 1 fully saturated rings. The molecule has 0 radical (unpaired) electrons. The van der Waals surface area contributed by atoms with Crippen LogP contribution >= 0.6 is 0 Å². The maximum Gasteiger partial charge on any atom is 0.246 e. The van der Waals surface area contributed by atoms with Crippen molar-refractivity contribution in [1.29, 1.82) is 0 Å². The Morgan fingerprint density at radius 1 is 1.26 bits per heavy atom. The fourth-order valence-corrected chi connectivity index (χ4v) is 5.57. The van der Waals surface area contributed by atoms with Gasteiger partial charge in [-0.2, -0.15) is 0 Å². The van der Waals surface area contributed by atoms with Gasteiger partial charge in [-0.3, -0.25) is 9.88 Å². The van der Waals surface area contributed by atoms with Gasteiger partial charge < -0.3 is 9.72 Å². The van der Waals surface area contributed by atoms with E-state index in [4.69, 9.17) is 4.74 Å². The van der Waals surface area contributed by atoms with Gasteiger partial charge in [0.1, 0.15) is 17.3 Å². The summed E-state index contributed by atoms with van der Waals surface area (Å²) in [7, 11) is -3.66. The molecular weight excluding hydrogens is 364 g/mol. The highest BCUT2D eigenvalue weighted by Crippen LogP contribution is 2.33. The third-order valence-electron chi connectivity index (χ3n) is 5.39. The van der Waals surface area contributed by atoms with Crippen LogP contribution < -0.4 is 9.46 Å². The number of hydrogen-bond acceptors (Lipinski definition) is 5. The van der Waals surface area contributed by atoms with Crippen LogP contribution in [0.4, 0.5) is 0 Å². The predicted octanol–water partition coefficient (Wildman–Crippen LogP) is 1.88. The van der Waals surface area contributed by atoms with Crippen molar-refractivity contribution >= 4 is 20.9 Å². The van der Waals surface area contributed by atoms with Crippen LogP contribution in [0, 0.1) is 0 Å². The molecule has 8 heteroatoms. The van der Waals surface area contributed by atoms with E-state index in [9.17, 15) is 8.42 Å². The lowest BCUT2D eigenvalue weighted by Crippen LogP contribution is -2.52. The minimum Gasteiger partial charge on any atom is -0.490 e. The Morgan fingerprint density at radius 2 is 2.15 bits per heavy atom. The molecule has 1 aromatic carbocycles. The molecule has 2 aliphatic rings. The predicted molar refractivity (Wildman–Crippen MR) is 101 cm³/mol. The molecule has 1 atom stereocenters. The molecule has 0 amide bonds. The summed E-state index contributed by atoms with van der Waals surface area (Å²) in [5.74, 6) is 0.365. The summed E-state index contributed by atoms with van der Waals surface area (Å²) in [5, 5.41) is 1.20. The lowest BCUT2D eigenvalue weighted by atomic mass is 10.0. The van der Waals surface area contributed by atoms with Crippen molar-refractivity contribution in [3.8, 4) is 5.75 Å². The number of likely N-dealkylation sites (tertiary alicyclic amines) is 1. The highest BCUT2D eigenvalue weighted by Gasteiger charge is 2.45. The number of rotatable bonds is 2. The van der Waals surface area contributed by atoms with E-state index in [0.717, 1.165) is 18.6 Å². The molecule has 4 heterocycles. The molecule has 2 aliphatic heterocycles. The van der Waals surface area contributed by atoms with Crippen molar-refractivity contribution < 1.29 is 13.2 Å². The number of benzene rings is 1. The van der Waals surface area contributed by atoms with Gasteiger partial charge in [-0.05, 0) is 24.1 Å². The maximum absolute atomic E-state index is 12.8. The Labute approximate surface area is 157 Å². The van der Waals surface area contributed by atoms with E-state index in [2.05, 4.69) is 31.7 Å². The van der Waals surface area contributed by atoms with E-state index in [1.165, 1.54) is 17.1 Å². The quantitative estimate of drug-likeness (QED) is 0.704. The Kier molecular flexibility index (Phi) is 3.75. The number of nitrogens with zero attached hydrogens (tertiary/aromatic N) is 2. The molecule has 27 heavy (non-hydrogen) atoms. The number of ether oxygens (including phenoxy) is 1. The zero-order valence-electron chi connectivity index (χ0n) is 14.7. The van der Waals surface area contributed by atoms with Crippen molar-refractivity contribution in [2.24, 2.45) is 0 Å². The molecule has 0 aliphatic carbocycles. The Hall–Kier alpha value is -2.42. The first kappa shape index (κ1) is 16.7. The van der Waals surface area contributed by atoms with Crippen LogP contribution in [0.2, 0.25) is 0 Å².